The predicted octanol–water partition coefficient (Wildman–Crippen LogP) is 2.57. The van der Waals surface area contributed by atoms with Crippen molar-refractivity contribution in [2.45, 2.75) is 39.5 Å². The summed E-state index contributed by atoms with van der Waals surface area (Å²) in [4.78, 5) is 18.7. The van der Waals surface area contributed by atoms with Crippen molar-refractivity contribution < 1.29 is 9.90 Å². The Bertz CT molecular complexity index is 431. The van der Waals surface area contributed by atoms with Gasteiger partial charge in [-0.3, -0.25) is 4.79 Å². The van der Waals surface area contributed by atoms with Gasteiger partial charge in [-0.15, -0.1) is 11.3 Å². The van der Waals surface area contributed by atoms with E-state index in [1.165, 1.54) is 12.8 Å². The summed E-state index contributed by atoms with van der Waals surface area (Å²) in [6, 6.07) is 0. The van der Waals surface area contributed by atoms with Gasteiger partial charge in [0.1, 0.15) is 0 Å². The fourth-order valence-corrected chi connectivity index (χ4v) is 3.59. The number of anilines is 1. The second kappa shape index (κ2) is 5.69. The Morgan fingerprint density at radius 3 is 3.00 bits per heavy atom. The van der Waals surface area contributed by atoms with Crippen LogP contribution in [0.15, 0.2) is 0 Å². The molecule has 0 amide bonds. The molecule has 1 unspecified atom stereocenters. The molecule has 100 valence electrons. The van der Waals surface area contributed by atoms with Crippen molar-refractivity contribution in [3.63, 3.8) is 0 Å². The highest BCUT2D eigenvalue weighted by Gasteiger charge is 2.21. The van der Waals surface area contributed by atoms with Crippen molar-refractivity contribution >= 4 is 22.4 Å². The molecule has 0 spiro atoms. The lowest BCUT2D eigenvalue weighted by Gasteiger charge is -2.30. The maximum absolute atomic E-state index is 10.8. The molecule has 0 saturated carbocycles. The van der Waals surface area contributed by atoms with E-state index in [1.54, 1.807) is 11.3 Å². The number of aryl methyl sites for hydroxylation is 1. The van der Waals surface area contributed by atoms with Crippen LogP contribution in [0.1, 0.15) is 37.3 Å². The van der Waals surface area contributed by atoms with Crippen LogP contribution in [0.5, 0.6) is 0 Å². The highest BCUT2D eigenvalue weighted by atomic mass is 32.1. The quantitative estimate of drug-likeness (QED) is 0.912. The van der Waals surface area contributed by atoms with Crippen molar-refractivity contribution in [3.8, 4) is 0 Å². The van der Waals surface area contributed by atoms with Gasteiger partial charge in [0.25, 0.3) is 0 Å². The summed E-state index contributed by atoms with van der Waals surface area (Å²) in [6.07, 6.45) is 3.40. The van der Waals surface area contributed by atoms with E-state index >= 15 is 0 Å². The fourth-order valence-electron chi connectivity index (χ4n) is 2.42. The van der Waals surface area contributed by atoms with Gasteiger partial charge in [-0.2, -0.15) is 0 Å². The Morgan fingerprint density at radius 1 is 1.61 bits per heavy atom. The van der Waals surface area contributed by atoms with Crippen LogP contribution in [-0.2, 0) is 17.6 Å². The first-order valence-electron chi connectivity index (χ1n) is 6.55. The van der Waals surface area contributed by atoms with Crippen LogP contribution in [0.25, 0.3) is 0 Å². The second-order valence-corrected chi connectivity index (χ2v) is 6.05. The lowest BCUT2D eigenvalue weighted by molar-refractivity contribution is -0.136. The highest BCUT2D eigenvalue weighted by Crippen LogP contribution is 2.30. The van der Waals surface area contributed by atoms with E-state index in [2.05, 4.69) is 16.8 Å². The summed E-state index contributed by atoms with van der Waals surface area (Å²) in [7, 11) is 0. The van der Waals surface area contributed by atoms with Crippen LogP contribution < -0.4 is 4.90 Å². The summed E-state index contributed by atoms with van der Waals surface area (Å²) in [5.41, 5.74) is 0.954. The minimum Gasteiger partial charge on any atom is -0.481 e. The lowest BCUT2D eigenvalue weighted by atomic mass is 10.0. The fraction of sp³-hybridized carbons (Fsp3) is 0.692. The molecular formula is C13H20N2O2S. The SMILES string of the molecule is CCc1nc(N2CCCC(C)C2)sc1CC(=O)O. The largest absolute Gasteiger partial charge is 0.481 e. The summed E-state index contributed by atoms with van der Waals surface area (Å²) >= 11 is 1.55. The summed E-state index contributed by atoms with van der Waals surface area (Å²) in [5, 5.41) is 9.92. The number of rotatable bonds is 4. The zero-order valence-corrected chi connectivity index (χ0v) is 11.8. The Morgan fingerprint density at radius 2 is 2.39 bits per heavy atom. The van der Waals surface area contributed by atoms with Gasteiger partial charge >= 0.3 is 5.97 Å². The van der Waals surface area contributed by atoms with E-state index in [0.29, 0.717) is 5.92 Å². The van der Waals surface area contributed by atoms with Gasteiger partial charge in [0.2, 0.25) is 0 Å². The van der Waals surface area contributed by atoms with Crippen molar-refractivity contribution in [1.29, 1.82) is 0 Å². The van der Waals surface area contributed by atoms with Gasteiger partial charge < -0.3 is 10.0 Å². The first kappa shape index (κ1) is 13.3. The van der Waals surface area contributed by atoms with Crippen LogP contribution in [0.2, 0.25) is 0 Å². The van der Waals surface area contributed by atoms with E-state index in [4.69, 9.17) is 5.11 Å². The van der Waals surface area contributed by atoms with Crippen molar-refractivity contribution in [2.24, 2.45) is 5.92 Å². The van der Waals surface area contributed by atoms with Gasteiger partial charge in [-0.1, -0.05) is 13.8 Å². The second-order valence-electron chi connectivity index (χ2n) is 4.98. The van der Waals surface area contributed by atoms with E-state index in [9.17, 15) is 4.79 Å². The number of carboxylic acids is 1. The lowest BCUT2D eigenvalue weighted by Crippen LogP contribution is -2.34. The topological polar surface area (TPSA) is 53.4 Å². The molecule has 1 fully saturated rings. The molecule has 0 radical (unpaired) electrons. The van der Waals surface area contributed by atoms with E-state index in [1.807, 2.05) is 6.92 Å². The maximum Gasteiger partial charge on any atom is 0.308 e. The Labute approximate surface area is 112 Å². The van der Waals surface area contributed by atoms with Crippen LogP contribution in [0.3, 0.4) is 0 Å². The molecule has 0 aliphatic carbocycles. The van der Waals surface area contributed by atoms with E-state index in [-0.39, 0.29) is 6.42 Å². The van der Waals surface area contributed by atoms with Gasteiger partial charge in [0.05, 0.1) is 12.1 Å². The minimum absolute atomic E-state index is 0.101. The van der Waals surface area contributed by atoms with Crippen molar-refractivity contribution in [3.05, 3.63) is 10.6 Å². The molecule has 1 aromatic heterocycles. The minimum atomic E-state index is -0.771. The third kappa shape index (κ3) is 3.02. The number of piperidine rings is 1. The molecular weight excluding hydrogens is 248 g/mol. The number of aromatic nitrogens is 1. The number of carbonyl (C=O) groups is 1. The smallest absolute Gasteiger partial charge is 0.308 e. The molecule has 0 bridgehead atoms. The van der Waals surface area contributed by atoms with Crippen LogP contribution in [0.4, 0.5) is 5.13 Å². The number of hydrogen-bond acceptors (Lipinski definition) is 4. The molecule has 1 aliphatic heterocycles. The third-order valence-electron chi connectivity index (χ3n) is 3.34. The molecule has 1 saturated heterocycles. The van der Waals surface area contributed by atoms with Crippen LogP contribution in [0, 0.1) is 5.92 Å². The number of carboxylic acid groups (broad SMARTS) is 1. The molecule has 5 heteroatoms. The summed E-state index contributed by atoms with van der Waals surface area (Å²) < 4.78 is 0. The first-order chi connectivity index (χ1) is 8.60. The number of aliphatic carboxylic acids is 1. The molecule has 4 nitrogen and oxygen atoms in total. The molecule has 1 N–H and O–H groups in total. The van der Waals surface area contributed by atoms with Crippen LogP contribution >= 0.6 is 11.3 Å². The van der Waals surface area contributed by atoms with Crippen molar-refractivity contribution in [1.82, 2.24) is 4.98 Å². The van der Waals surface area contributed by atoms with E-state index in [0.717, 1.165) is 35.2 Å². The average Bonchev–Trinajstić information content (AvgIpc) is 2.71. The Balaban J connectivity index is 2.17. The first-order valence-corrected chi connectivity index (χ1v) is 7.37. The molecule has 1 aliphatic rings. The molecule has 2 rings (SSSR count). The maximum atomic E-state index is 10.8. The summed E-state index contributed by atoms with van der Waals surface area (Å²) in [5.74, 6) is -0.0671. The Kier molecular flexibility index (Phi) is 4.22. The Hall–Kier alpha value is -1.10. The van der Waals surface area contributed by atoms with Gasteiger partial charge in [-0.25, -0.2) is 4.98 Å². The van der Waals surface area contributed by atoms with Gasteiger partial charge in [-0.05, 0) is 25.2 Å². The summed E-state index contributed by atoms with van der Waals surface area (Å²) in [6.45, 7) is 6.39. The molecule has 18 heavy (non-hydrogen) atoms. The predicted molar refractivity (Wildman–Crippen MR) is 73.4 cm³/mol. The van der Waals surface area contributed by atoms with Gasteiger partial charge in [0.15, 0.2) is 5.13 Å². The zero-order valence-electron chi connectivity index (χ0n) is 11.0. The molecule has 1 aromatic rings. The van der Waals surface area contributed by atoms with E-state index < -0.39 is 5.97 Å². The number of thiazole rings is 1. The number of nitrogens with zero attached hydrogens (tertiary/aromatic N) is 2. The zero-order chi connectivity index (χ0) is 13.1. The molecule has 1 atom stereocenters. The highest BCUT2D eigenvalue weighted by molar-refractivity contribution is 7.15. The third-order valence-corrected chi connectivity index (χ3v) is 4.50. The van der Waals surface area contributed by atoms with Crippen molar-refractivity contribution in [2.75, 3.05) is 18.0 Å². The monoisotopic (exact) mass is 268 g/mol. The normalized spacial score (nSPS) is 20.1. The number of hydrogen-bond donors (Lipinski definition) is 1. The van der Waals surface area contributed by atoms with Crippen LogP contribution in [-0.4, -0.2) is 29.1 Å². The average molecular weight is 268 g/mol. The van der Waals surface area contributed by atoms with Gasteiger partial charge in [0, 0.05) is 18.0 Å². The molecule has 2 heterocycles. The standard InChI is InChI=1S/C13H20N2O2S/c1-3-10-11(7-12(16)17)18-13(14-10)15-6-4-5-9(2)8-15/h9H,3-8H2,1-2H3,(H,16,17). The molecule has 0 aromatic carbocycles.